The van der Waals surface area contributed by atoms with Crippen LogP contribution in [0.1, 0.15) is 62.8 Å². The van der Waals surface area contributed by atoms with Gasteiger partial charge in [0.25, 0.3) is 0 Å². The maximum atomic E-state index is 6.01. The Labute approximate surface area is 157 Å². The van der Waals surface area contributed by atoms with Crippen molar-refractivity contribution in [3.05, 3.63) is 54.1 Å². The van der Waals surface area contributed by atoms with Crippen LogP contribution in [0.3, 0.4) is 0 Å². The van der Waals surface area contributed by atoms with Crippen LogP contribution in [-0.4, -0.2) is 28.2 Å². The lowest BCUT2D eigenvalue weighted by Gasteiger charge is -2.40. The lowest BCUT2D eigenvalue weighted by Crippen LogP contribution is -2.45. The number of hydrogen-bond acceptors (Lipinski definition) is 3. The first kappa shape index (κ1) is 17.7. The number of aryl methyl sites for hydroxylation is 1. The number of nitrogens with zero attached hydrogens (tertiary/aromatic N) is 2. The van der Waals surface area contributed by atoms with Gasteiger partial charge in [-0.25, -0.2) is 4.98 Å². The number of benzene rings is 1. The number of ether oxygens (including phenoxy) is 1. The van der Waals surface area contributed by atoms with Crippen LogP contribution in [0.4, 0.5) is 0 Å². The summed E-state index contributed by atoms with van der Waals surface area (Å²) in [6, 6.07) is 12.2. The Kier molecular flexibility index (Phi) is 5.14. The van der Waals surface area contributed by atoms with E-state index in [-0.39, 0.29) is 6.10 Å². The third-order valence-electron chi connectivity index (χ3n) is 6.50. The Morgan fingerprint density at radius 3 is 2.58 bits per heavy atom. The van der Waals surface area contributed by atoms with E-state index < -0.39 is 0 Å². The van der Waals surface area contributed by atoms with Crippen LogP contribution in [0.15, 0.2) is 42.9 Å². The second-order valence-electron chi connectivity index (χ2n) is 8.38. The van der Waals surface area contributed by atoms with Crippen molar-refractivity contribution in [3.63, 3.8) is 0 Å². The summed E-state index contributed by atoms with van der Waals surface area (Å²) < 4.78 is 8.09. The molecule has 2 fully saturated rings. The number of rotatable bonds is 4. The van der Waals surface area contributed by atoms with Crippen LogP contribution in [-0.2, 0) is 17.2 Å². The van der Waals surface area contributed by atoms with Gasteiger partial charge in [0.15, 0.2) is 0 Å². The summed E-state index contributed by atoms with van der Waals surface area (Å²) in [6.45, 7) is 3.27. The third-order valence-corrected chi connectivity index (χ3v) is 6.50. The maximum Gasteiger partial charge on any atom is 0.100 e. The predicted octanol–water partition coefficient (Wildman–Crippen LogP) is 4.13. The SMILES string of the molecule is Cn1cncc1[C@H]1C[C@@H](NC2CCC(C)(c3ccccc3)CC2)CCO1. The summed E-state index contributed by atoms with van der Waals surface area (Å²) in [6.07, 6.45) is 11.2. The lowest BCUT2D eigenvalue weighted by molar-refractivity contribution is -0.00690. The fraction of sp³-hybridized carbons (Fsp3) is 0.591. The minimum atomic E-state index is 0.173. The monoisotopic (exact) mass is 353 g/mol. The first-order chi connectivity index (χ1) is 12.6. The Morgan fingerprint density at radius 2 is 1.88 bits per heavy atom. The zero-order valence-corrected chi connectivity index (χ0v) is 16.0. The molecule has 0 bridgehead atoms. The van der Waals surface area contributed by atoms with Gasteiger partial charge in [0, 0.05) is 25.7 Å². The van der Waals surface area contributed by atoms with E-state index in [1.165, 1.54) is 36.9 Å². The smallest absolute Gasteiger partial charge is 0.100 e. The van der Waals surface area contributed by atoms with E-state index in [1.807, 2.05) is 19.6 Å². The van der Waals surface area contributed by atoms with Crippen molar-refractivity contribution in [1.29, 1.82) is 0 Å². The summed E-state index contributed by atoms with van der Waals surface area (Å²) in [4.78, 5) is 4.24. The molecule has 1 saturated carbocycles. The molecule has 26 heavy (non-hydrogen) atoms. The quantitative estimate of drug-likeness (QED) is 0.898. The van der Waals surface area contributed by atoms with E-state index in [0.29, 0.717) is 17.5 Å². The molecule has 2 aliphatic rings. The van der Waals surface area contributed by atoms with Crippen molar-refractivity contribution in [2.24, 2.45) is 7.05 Å². The van der Waals surface area contributed by atoms with Crippen molar-refractivity contribution in [1.82, 2.24) is 14.9 Å². The first-order valence-electron chi connectivity index (χ1n) is 10.0. The molecule has 4 heteroatoms. The molecule has 0 amide bonds. The average molecular weight is 354 g/mol. The van der Waals surface area contributed by atoms with Crippen LogP contribution in [0.2, 0.25) is 0 Å². The lowest BCUT2D eigenvalue weighted by atomic mass is 9.69. The fourth-order valence-electron chi connectivity index (χ4n) is 4.72. The molecule has 1 aliphatic carbocycles. The van der Waals surface area contributed by atoms with Gasteiger partial charge in [0.2, 0.25) is 0 Å². The van der Waals surface area contributed by atoms with Gasteiger partial charge >= 0.3 is 0 Å². The Bertz CT molecular complexity index is 703. The molecule has 2 aromatic rings. The molecule has 0 unspecified atom stereocenters. The molecule has 140 valence electrons. The zero-order valence-electron chi connectivity index (χ0n) is 16.0. The highest BCUT2D eigenvalue weighted by Gasteiger charge is 2.34. The van der Waals surface area contributed by atoms with E-state index in [1.54, 1.807) is 0 Å². The summed E-state index contributed by atoms with van der Waals surface area (Å²) in [5.74, 6) is 0. The number of nitrogens with one attached hydrogen (secondary N) is 1. The fourth-order valence-corrected chi connectivity index (χ4v) is 4.72. The minimum Gasteiger partial charge on any atom is -0.372 e. The molecule has 0 radical (unpaired) electrons. The predicted molar refractivity (Wildman–Crippen MR) is 104 cm³/mol. The summed E-state index contributed by atoms with van der Waals surface area (Å²) in [5, 5.41) is 3.95. The summed E-state index contributed by atoms with van der Waals surface area (Å²) in [7, 11) is 2.05. The highest BCUT2D eigenvalue weighted by Crippen LogP contribution is 2.39. The van der Waals surface area contributed by atoms with Gasteiger partial charge in [0.05, 0.1) is 18.2 Å². The van der Waals surface area contributed by atoms with Crippen LogP contribution in [0.5, 0.6) is 0 Å². The Morgan fingerprint density at radius 1 is 1.12 bits per heavy atom. The van der Waals surface area contributed by atoms with Crippen molar-refractivity contribution >= 4 is 0 Å². The molecular weight excluding hydrogens is 322 g/mol. The Hall–Kier alpha value is -1.65. The second-order valence-corrected chi connectivity index (χ2v) is 8.38. The maximum absolute atomic E-state index is 6.01. The molecule has 1 saturated heterocycles. The third kappa shape index (κ3) is 3.72. The first-order valence-corrected chi connectivity index (χ1v) is 10.0. The largest absolute Gasteiger partial charge is 0.372 e. The van der Waals surface area contributed by atoms with Gasteiger partial charge < -0.3 is 14.6 Å². The highest BCUT2D eigenvalue weighted by molar-refractivity contribution is 5.25. The molecule has 4 nitrogen and oxygen atoms in total. The van der Waals surface area contributed by atoms with Crippen molar-refractivity contribution in [2.75, 3.05) is 6.61 Å². The van der Waals surface area contributed by atoms with Crippen molar-refractivity contribution < 1.29 is 4.74 Å². The van der Waals surface area contributed by atoms with Crippen LogP contribution >= 0.6 is 0 Å². The van der Waals surface area contributed by atoms with Crippen molar-refractivity contribution in [2.45, 2.75) is 69.1 Å². The van der Waals surface area contributed by atoms with Gasteiger partial charge in [0.1, 0.15) is 6.10 Å². The van der Waals surface area contributed by atoms with Gasteiger partial charge in [-0.3, -0.25) is 0 Å². The van der Waals surface area contributed by atoms with Gasteiger partial charge in [-0.1, -0.05) is 37.3 Å². The Balaban J connectivity index is 1.32. The van der Waals surface area contributed by atoms with E-state index in [2.05, 4.69) is 52.1 Å². The molecule has 2 atom stereocenters. The van der Waals surface area contributed by atoms with E-state index >= 15 is 0 Å². The molecule has 4 rings (SSSR count). The molecule has 1 aliphatic heterocycles. The van der Waals surface area contributed by atoms with Crippen LogP contribution in [0.25, 0.3) is 0 Å². The molecule has 1 N–H and O–H groups in total. The highest BCUT2D eigenvalue weighted by atomic mass is 16.5. The zero-order chi connectivity index (χ0) is 18.0. The van der Waals surface area contributed by atoms with Gasteiger partial charge in [-0.15, -0.1) is 0 Å². The van der Waals surface area contributed by atoms with E-state index in [0.717, 1.165) is 19.4 Å². The number of aromatic nitrogens is 2. The topological polar surface area (TPSA) is 39.1 Å². The molecule has 1 aromatic heterocycles. The van der Waals surface area contributed by atoms with Gasteiger partial charge in [-0.2, -0.15) is 0 Å². The summed E-state index contributed by atoms with van der Waals surface area (Å²) >= 11 is 0. The number of hydrogen-bond donors (Lipinski definition) is 1. The molecular formula is C22H31N3O. The van der Waals surface area contributed by atoms with E-state index in [4.69, 9.17) is 4.74 Å². The standard InChI is InChI=1S/C22H31N3O/c1-22(17-6-4-3-5-7-17)11-8-18(9-12-22)24-19-10-13-26-21(14-19)20-15-23-16-25(20)2/h3-7,15-16,18-19,21,24H,8-14H2,1-2H3/t18?,19-,21+,22?/m0/s1. The van der Waals surface area contributed by atoms with E-state index in [9.17, 15) is 0 Å². The summed E-state index contributed by atoms with van der Waals surface area (Å²) in [5.41, 5.74) is 3.03. The molecule has 2 heterocycles. The number of imidazole rings is 1. The average Bonchev–Trinajstić information content (AvgIpc) is 3.11. The minimum absolute atomic E-state index is 0.173. The van der Waals surface area contributed by atoms with Crippen LogP contribution in [0, 0.1) is 0 Å². The van der Waals surface area contributed by atoms with Crippen molar-refractivity contribution in [3.8, 4) is 0 Å². The molecule has 0 spiro atoms. The normalized spacial score (nSPS) is 32.5. The van der Waals surface area contributed by atoms with Gasteiger partial charge in [-0.05, 0) is 49.5 Å². The molecule has 1 aromatic carbocycles. The van der Waals surface area contributed by atoms with Crippen LogP contribution < -0.4 is 5.32 Å². The second kappa shape index (κ2) is 7.53.